The number of ether oxygens (including phenoxy) is 4. The fourth-order valence-electron chi connectivity index (χ4n) is 5.77. The second-order valence-electron chi connectivity index (χ2n) is 13.2. The monoisotopic (exact) mass is 717 g/mol. The van der Waals surface area contributed by atoms with Crippen molar-refractivity contribution in [3.8, 4) is 0 Å². The number of carboxylic acid groups (broad SMARTS) is 2. The van der Waals surface area contributed by atoms with Crippen LogP contribution in [0, 0.1) is 0 Å². The molecule has 0 aliphatic carbocycles. The summed E-state index contributed by atoms with van der Waals surface area (Å²) in [5.41, 5.74) is 0. The van der Waals surface area contributed by atoms with Crippen LogP contribution in [0.2, 0.25) is 0 Å². The van der Waals surface area contributed by atoms with Crippen LogP contribution in [-0.2, 0) is 28.5 Å². The van der Waals surface area contributed by atoms with Gasteiger partial charge in [-0.25, -0.2) is 9.59 Å². The van der Waals surface area contributed by atoms with E-state index in [4.69, 9.17) is 29.2 Å². The van der Waals surface area contributed by atoms with E-state index in [0.29, 0.717) is 38.5 Å². The van der Waals surface area contributed by atoms with Crippen molar-refractivity contribution in [1.82, 2.24) is 9.80 Å². The lowest BCUT2D eigenvalue weighted by Gasteiger charge is -2.26. The molecule has 12 nitrogen and oxygen atoms in total. The Morgan fingerprint density at radius 2 is 0.880 bits per heavy atom. The molecule has 0 aromatic heterocycles. The van der Waals surface area contributed by atoms with Crippen molar-refractivity contribution in [2.45, 2.75) is 168 Å². The maximum Gasteiger partial charge on any atom is 0.508 e. The van der Waals surface area contributed by atoms with E-state index in [0.717, 1.165) is 116 Å². The Hall–Kier alpha value is -2.60. The number of carbonyl (C=O) groups excluding carboxylic acids is 2. The zero-order valence-corrected chi connectivity index (χ0v) is 32.0. The molecule has 0 bridgehead atoms. The van der Waals surface area contributed by atoms with Gasteiger partial charge in [0.05, 0.1) is 13.2 Å². The largest absolute Gasteiger partial charge is 0.508 e. The average molecular weight is 717 g/mol. The second-order valence-corrected chi connectivity index (χ2v) is 13.2. The lowest BCUT2D eigenvalue weighted by Crippen LogP contribution is -2.36. The summed E-state index contributed by atoms with van der Waals surface area (Å²) in [5, 5.41) is 17.9. The minimum atomic E-state index is -0.846. The summed E-state index contributed by atoms with van der Waals surface area (Å²) in [7, 11) is 0. The molecule has 0 aromatic carbocycles. The Balaban J connectivity index is 4.64. The third kappa shape index (κ3) is 30.2. The molecule has 2 unspecified atom stereocenters. The molecular weight excluding hydrogens is 644 g/mol. The Morgan fingerprint density at radius 1 is 0.480 bits per heavy atom. The topological polar surface area (TPSA) is 152 Å². The highest BCUT2D eigenvalue weighted by Gasteiger charge is 2.18. The van der Waals surface area contributed by atoms with E-state index in [1.54, 1.807) is 0 Å². The molecule has 0 saturated carbocycles. The highest BCUT2D eigenvalue weighted by atomic mass is 16.7. The number of rotatable bonds is 35. The molecule has 0 aliphatic heterocycles. The predicted molar refractivity (Wildman–Crippen MR) is 196 cm³/mol. The number of likely N-dealkylation sites (N-methyl/N-ethyl adjacent to an activating group) is 1. The summed E-state index contributed by atoms with van der Waals surface area (Å²) in [5.74, 6) is -1.69. The van der Waals surface area contributed by atoms with E-state index >= 15 is 0 Å². The Kier molecular flexibility index (Phi) is 31.8. The third-order valence-corrected chi connectivity index (χ3v) is 8.92. The van der Waals surface area contributed by atoms with E-state index in [1.807, 2.05) is 0 Å². The second kappa shape index (κ2) is 33.5. The van der Waals surface area contributed by atoms with Crippen LogP contribution in [-0.4, -0.2) is 109 Å². The van der Waals surface area contributed by atoms with Gasteiger partial charge in [0.2, 0.25) is 0 Å². The number of unbranched alkanes of at least 4 members (excludes halogenated alkanes) is 8. The van der Waals surface area contributed by atoms with E-state index in [1.165, 1.54) is 0 Å². The molecule has 2 N–H and O–H groups in total. The van der Waals surface area contributed by atoms with Gasteiger partial charge in [0.1, 0.15) is 12.2 Å². The first-order valence-corrected chi connectivity index (χ1v) is 19.7. The van der Waals surface area contributed by atoms with Gasteiger partial charge >= 0.3 is 24.2 Å². The van der Waals surface area contributed by atoms with Gasteiger partial charge in [-0.15, -0.1) is 0 Å². The molecule has 0 heterocycles. The maximum absolute atomic E-state index is 12.4. The molecular formula is C38H72N2O10. The van der Waals surface area contributed by atoms with Crippen molar-refractivity contribution in [2.24, 2.45) is 0 Å². The standard InChI is InChI=1S/C38H72N2O10/c1-5-9-11-13-21-33(23-19-25-35(41)42)49-37(45)47-31-17-15-27-40(30-29-39(7-3)8-4)28-16-18-32-48-38(46)50-34(22-14-12-10-6-2)24-20-26-36(43)44/h33-34H,5-32H2,1-4H3,(H,41,42)(H,43,44). The molecule has 0 fully saturated rings. The summed E-state index contributed by atoms with van der Waals surface area (Å²) in [6, 6.07) is 0. The van der Waals surface area contributed by atoms with Crippen molar-refractivity contribution in [2.75, 3.05) is 52.5 Å². The summed E-state index contributed by atoms with van der Waals surface area (Å²) in [4.78, 5) is 51.4. The SMILES string of the molecule is CCCCCCC(CCCC(=O)O)OC(=O)OCCCCN(CCCCOC(=O)OC(CCCCCC)CCCC(=O)O)CCN(CC)CC. The number of carbonyl (C=O) groups is 4. The lowest BCUT2D eigenvalue weighted by molar-refractivity contribution is -0.138. The Bertz CT molecular complexity index is 795. The molecule has 0 amide bonds. The average Bonchev–Trinajstić information content (AvgIpc) is 3.07. The number of nitrogens with zero attached hydrogens (tertiary/aromatic N) is 2. The van der Waals surface area contributed by atoms with Gasteiger partial charge in [-0.05, 0) is 103 Å². The number of hydrogen-bond donors (Lipinski definition) is 2. The fraction of sp³-hybridized carbons (Fsp3) is 0.895. The molecule has 0 aromatic rings. The normalized spacial score (nSPS) is 12.5. The van der Waals surface area contributed by atoms with Crippen molar-refractivity contribution in [3.05, 3.63) is 0 Å². The van der Waals surface area contributed by atoms with Crippen molar-refractivity contribution < 1.29 is 48.3 Å². The van der Waals surface area contributed by atoms with Crippen LogP contribution in [0.3, 0.4) is 0 Å². The van der Waals surface area contributed by atoms with Crippen LogP contribution in [0.25, 0.3) is 0 Å². The lowest BCUT2D eigenvalue weighted by atomic mass is 10.0. The molecule has 12 heteroatoms. The molecule has 0 radical (unpaired) electrons. The van der Waals surface area contributed by atoms with E-state index in [2.05, 4.69) is 37.5 Å². The molecule has 50 heavy (non-hydrogen) atoms. The summed E-state index contributed by atoms with van der Waals surface area (Å²) in [6.45, 7) is 14.7. The Labute approximate surface area is 302 Å². The van der Waals surface area contributed by atoms with Crippen LogP contribution >= 0.6 is 0 Å². The smallest absolute Gasteiger partial charge is 0.481 e. The predicted octanol–water partition coefficient (Wildman–Crippen LogP) is 8.68. The van der Waals surface area contributed by atoms with Crippen LogP contribution in [0.5, 0.6) is 0 Å². The first-order valence-electron chi connectivity index (χ1n) is 19.7. The zero-order chi connectivity index (χ0) is 37.2. The van der Waals surface area contributed by atoms with Crippen molar-refractivity contribution in [1.29, 1.82) is 0 Å². The third-order valence-electron chi connectivity index (χ3n) is 8.92. The van der Waals surface area contributed by atoms with Gasteiger partial charge in [-0.2, -0.15) is 0 Å². The van der Waals surface area contributed by atoms with E-state index in [-0.39, 0.29) is 38.3 Å². The van der Waals surface area contributed by atoms with E-state index in [9.17, 15) is 19.2 Å². The maximum atomic E-state index is 12.4. The van der Waals surface area contributed by atoms with E-state index < -0.39 is 24.2 Å². The summed E-state index contributed by atoms with van der Waals surface area (Å²) < 4.78 is 21.9. The molecule has 0 saturated heterocycles. The number of hydrogen-bond acceptors (Lipinski definition) is 10. The molecule has 0 spiro atoms. The quantitative estimate of drug-likeness (QED) is 0.0477. The van der Waals surface area contributed by atoms with Crippen molar-refractivity contribution >= 4 is 24.2 Å². The molecule has 2 atom stereocenters. The van der Waals surface area contributed by atoms with Gasteiger partial charge in [0.15, 0.2) is 0 Å². The van der Waals surface area contributed by atoms with Crippen molar-refractivity contribution in [3.63, 3.8) is 0 Å². The van der Waals surface area contributed by atoms with Gasteiger partial charge in [0.25, 0.3) is 0 Å². The highest BCUT2D eigenvalue weighted by molar-refractivity contribution is 5.67. The van der Waals surface area contributed by atoms with Crippen LogP contribution in [0.4, 0.5) is 9.59 Å². The van der Waals surface area contributed by atoms with Gasteiger partial charge < -0.3 is 39.0 Å². The van der Waals surface area contributed by atoms with Gasteiger partial charge in [-0.1, -0.05) is 66.2 Å². The molecule has 0 aliphatic rings. The summed E-state index contributed by atoms with van der Waals surface area (Å²) >= 11 is 0. The highest BCUT2D eigenvalue weighted by Crippen LogP contribution is 2.17. The Morgan fingerprint density at radius 3 is 1.26 bits per heavy atom. The van der Waals surface area contributed by atoms with Gasteiger partial charge in [0, 0.05) is 25.9 Å². The van der Waals surface area contributed by atoms with Crippen LogP contribution in [0.1, 0.15) is 156 Å². The number of carboxylic acids is 2. The van der Waals surface area contributed by atoms with Crippen LogP contribution in [0.15, 0.2) is 0 Å². The number of aliphatic carboxylic acids is 2. The molecule has 0 rings (SSSR count). The summed E-state index contributed by atoms with van der Waals surface area (Å²) in [6.07, 6.45) is 13.2. The first-order chi connectivity index (χ1) is 24.1. The van der Waals surface area contributed by atoms with Crippen LogP contribution < -0.4 is 0 Å². The minimum absolute atomic E-state index is 0.0610. The van der Waals surface area contributed by atoms with Gasteiger partial charge in [-0.3, -0.25) is 9.59 Å². The first kappa shape index (κ1) is 47.4. The molecule has 294 valence electrons. The minimum Gasteiger partial charge on any atom is -0.481 e. The fourth-order valence-corrected chi connectivity index (χ4v) is 5.77. The zero-order valence-electron chi connectivity index (χ0n) is 32.0.